The number of sulfone groups is 1. The molecule has 0 aliphatic carbocycles. The summed E-state index contributed by atoms with van der Waals surface area (Å²) in [5, 5.41) is 4.20. The molecule has 0 bridgehead atoms. The van der Waals surface area contributed by atoms with E-state index in [4.69, 9.17) is 9.47 Å². The van der Waals surface area contributed by atoms with Gasteiger partial charge in [0.2, 0.25) is 17.7 Å². The van der Waals surface area contributed by atoms with E-state index in [0.717, 1.165) is 4.90 Å². The first kappa shape index (κ1) is 21.9. The van der Waals surface area contributed by atoms with Crippen LogP contribution in [0.5, 0.6) is 11.5 Å². The first-order valence-electron chi connectivity index (χ1n) is 9.33. The van der Waals surface area contributed by atoms with E-state index in [0.29, 0.717) is 17.2 Å². The van der Waals surface area contributed by atoms with Gasteiger partial charge in [-0.05, 0) is 32.9 Å². The molecule has 3 amide bonds. The number of carbonyl (C=O) groups is 3. The average molecular weight is 439 g/mol. The summed E-state index contributed by atoms with van der Waals surface area (Å²) in [5.41, 5.74) is 0.431. The summed E-state index contributed by atoms with van der Waals surface area (Å²) in [6, 6.07) is 2.65. The number of benzene rings is 1. The maximum absolute atomic E-state index is 12.8. The molecule has 2 heterocycles. The van der Waals surface area contributed by atoms with Gasteiger partial charge in [-0.2, -0.15) is 0 Å². The van der Waals surface area contributed by atoms with Gasteiger partial charge in [0, 0.05) is 11.8 Å². The molecule has 3 atom stereocenters. The fraction of sp³-hybridized carbons (Fsp3) is 0.526. The van der Waals surface area contributed by atoms with E-state index >= 15 is 0 Å². The molecule has 2 saturated heterocycles. The van der Waals surface area contributed by atoms with Crippen LogP contribution in [0.25, 0.3) is 0 Å². The number of hydrogen-bond donors (Lipinski definition) is 2. The number of β-lactam (4-membered cyclic amide) rings is 1. The molecule has 2 N–H and O–H groups in total. The number of ether oxygens (including phenoxy) is 2. The third kappa shape index (κ3) is 3.26. The molecule has 0 aromatic heterocycles. The van der Waals surface area contributed by atoms with Crippen LogP contribution < -0.4 is 20.1 Å². The van der Waals surface area contributed by atoms with Crippen molar-refractivity contribution >= 4 is 33.2 Å². The Bertz CT molecular complexity index is 1010. The molecule has 30 heavy (non-hydrogen) atoms. The highest BCUT2D eigenvalue weighted by Crippen LogP contribution is 2.45. The maximum atomic E-state index is 12.8. The van der Waals surface area contributed by atoms with Crippen LogP contribution in [-0.2, 0) is 24.2 Å². The highest BCUT2D eigenvalue weighted by molar-refractivity contribution is 7.93. The third-order valence-corrected chi connectivity index (χ3v) is 8.43. The molecule has 3 rings (SSSR count). The lowest BCUT2D eigenvalue weighted by Gasteiger charge is -2.37. The van der Waals surface area contributed by atoms with Gasteiger partial charge in [-0.1, -0.05) is 0 Å². The van der Waals surface area contributed by atoms with E-state index in [1.807, 2.05) is 0 Å². The fourth-order valence-electron chi connectivity index (χ4n) is 3.78. The summed E-state index contributed by atoms with van der Waals surface area (Å²) in [5.74, 6) is -0.672. The zero-order valence-electron chi connectivity index (χ0n) is 17.4. The van der Waals surface area contributed by atoms with Gasteiger partial charge in [0.25, 0.3) is 0 Å². The van der Waals surface area contributed by atoms with Crippen molar-refractivity contribution in [3.63, 3.8) is 0 Å². The summed E-state index contributed by atoms with van der Waals surface area (Å²) in [7, 11) is -0.735. The number of anilines is 1. The van der Waals surface area contributed by atoms with Crippen LogP contribution in [0.3, 0.4) is 0 Å². The van der Waals surface area contributed by atoms with Crippen molar-refractivity contribution in [2.24, 2.45) is 0 Å². The first-order valence-corrected chi connectivity index (χ1v) is 10.9. The van der Waals surface area contributed by atoms with Crippen molar-refractivity contribution in [3.05, 3.63) is 18.2 Å². The smallest absolute Gasteiger partial charge is 0.246 e. The second kappa shape index (κ2) is 7.46. The molecule has 164 valence electrons. The van der Waals surface area contributed by atoms with E-state index in [2.05, 4.69) is 10.6 Å². The molecule has 1 aromatic rings. The Morgan fingerprint density at radius 1 is 1.20 bits per heavy atom. The van der Waals surface area contributed by atoms with Gasteiger partial charge in [0.15, 0.2) is 21.3 Å². The van der Waals surface area contributed by atoms with E-state index in [-0.39, 0.29) is 6.42 Å². The SMILES string of the molecule is COc1ccc(NC(=O)C(C)NC(=O)C2N3C(=O)CC3S(=O)(=O)C2(C)C)cc1OC. The van der Waals surface area contributed by atoms with Crippen LogP contribution >= 0.6 is 0 Å². The van der Waals surface area contributed by atoms with Gasteiger partial charge in [-0.25, -0.2) is 8.42 Å². The molecule has 2 aliphatic heterocycles. The number of hydrogen-bond acceptors (Lipinski definition) is 7. The summed E-state index contributed by atoms with van der Waals surface area (Å²) in [6.45, 7) is 4.32. The summed E-state index contributed by atoms with van der Waals surface area (Å²) in [6.07, 6.45) is -0.120. The zero-order chi connectivity index (χ0) is 22.4. The van der Waals surface area contributed by atoms with Gasteiger partial charge < -0.3 is 25.0 Å². The summed E-state index contributed by atoms with van der Waals surface area (Å²) < 4.78 is 34.2. The van der Waals surface area contributed by atoms with Crippen LogP contribution in [-0.4, -0.2) is 67.5 Å². The van der Waals surface area contributed by atoms with Gasteiger partial charge in [-0.15, -0.1) is 0 Å². The molecular weight excluding hydrogens is 414 g/mol. The Hall–Kier alpha value is -2.82. The molecule has 0 radical (unpaired) electrons. The Morgan fingerprint density at radius 3 is 2.40 bits per heavy atom. The van der Waals surface area contributed by atoms with Crippen molar-refractivity contribution in [2.75, 3.05) is 19.5 Å². The van der Waals surface area contributed by atoms with E-state index in [1.54, 1.807) is 18.2 Å². The van der Waals surface area contributed by atoms with Crippen LogP contribution in [0.2, 0.25) is 0 Å². The maximum Gasteiger partial charge on any atom is 0.246 e. The average Bonchev–Trinajstić information content (AvgIpc) is 2.81. The minimum absolute atomic E-state index is 0.120. The Balaban J connectivity index is 1.71. The zero-order valence-corrected chi connectivity index (χ0v) is 18.2. The number of fused-ring (bicyclic) bond motifs is 1. The first-order chi connectivity index (χ1) is 13.9. The van der Waals surface area contributed by atoms with Crippen LogP contribution in [0.15, 0.2) is 18.2 Å². The summed E-state index contributed by atoms with van der Waals surface area (Å²) >= 11 is 0. The normalized spacial score (nSPS) is 24.3. The Labute approximate surface area is 174 Å². The molecule has 0 saturated carbocycles. The van der Waals surface area contributed by atoms with Gasteiger partial charge >= 0.3 is 0 Å². The second-order valence-electron chi connectivity index (χ2n) is 7.80. The molecular formula is C19H25N3O7S. The van der Waals surface area contributed by atoms with Gasteiger partial charge in [0.05, 0.1) is 25.4 Å². The van der Waals surface area contributed by atoms with E-state index < -0.39 is 49.8 Å². The monoisotopic (exact) mass is 439 g/mol. The summed E-state index contributed by atoms with van der Waals surface area (Å²) in [4.78, 5) is 38.4. The lowest BCUT2D eigenvalue weighted by molar-refractivity contribution is -0.150. The van der Waals surface area contributed by atoms with Crippen LogP contribution in [0, 0.1) is 0 Å². The number of amides is 3. The van der Waals surface area contributed by atoms with Crippen molar-refractivity contribution in [3.8, 4) is 11.5 Å². The molecule has 10 nitrogen and oxygen atoms in total. The topological polar surface area (TPSA) is 131 Å². The Morgan fingerprint density at radius 2 is 1.83 bits per heavy atom. The number of nitrogens with zero attached hydrogens (tertiary/aromatic N) is 1. The predicted octanol–water partition coefficient (Wildman–Crippen LogP) is 0.281. The van der Waals surface area contributed by atoms with E-state index in [9.17, 15) is 22.8 Å². The van der Waals surface area contributed by atoms with Crippen LogP contribution in [0.1, 0.15) is 27.2 Å². The van der Waals surface area contributed by atoms with Gasteiger partial charge in [-0.3, -0.25) is 14.4 Å². The van der Waals surface area contributed by atoms with E-state index in [1.165, 1.54) is 35.0 Å². The molecule has 2 aliphatic rings. The van der Waals surface area contributed by atoms with Crippen molar-refractivity contribution in [2.45, 2.75) is 49.4 Å². The van der Waals surface area contributed by atoms with Gasteiger partial charge in [0.1, 0.15) is 17.5 Å². The number of nitrogens with one attached hydrogen (secondary N) is 2. The molecule has 0 spiro atoms. The van der Waals surface area contributed by atoms with Crippen LogP contribution in [0.4, 0.5) is 5.69 Å². The van der Waals surface area contributed by atoms with Crippen molar-refractivity contribution in [1.29, 1.82) is 0 Å². The molecule has 1 aromatic carbocycles. The number of rotatable bonds is 6. The molecule has 11 heteroatoms. The predicted molar refractivity (Wildman–Crippen MR) is 108 cm³/mol. The highest BCUT2D eigenvalue weighted by atomic mass is 32.2. The minimum atomic E-state index is -3.69. The lowest BCUT2D eigenvalue weighted by Crippen LogP contribution is -2.61. The van der Waals surface area contributed by atoms with Crippen molar-refractivity contribution < 1.29 is 32.3 Å². The van der Waals surface area contributed by atoms with Crippen molar-refractivity contribution in [1.82, 2.24) is 10.2 Å². The second-order valence-corrected chi connectivity index (χ2v) is 10.5. The fourth-order valence-corrected chi connectivity index (χ4v) is 5.91. The minimum Gasteiger partial charge on any atom is -0.493 e. The molecule has 3 unspecified atom stereocenters. The quantitative estimate of drug-likeness (QED) is 0.609. The standard InChI is InChI=1S/C19H25N3O7S/c1-10(17(24)21-11-6-7-12(28-4)13(8-11)29-5)20-18(25)16-19(2,3)30(26,27)15-9-14(23)22(15)16/h6-8,10,15-16H,9H2,1-5H3,(H,20,25)(H,21,24). The third-order valence-electron chi connectivity index (χ3n) is 5.63. The Kier molecular flexibility index (Phi) is 5.44. The largest absolute Gasteiger partial charge is 0.493 e. The number of carbonyl (C=O) groups excluding carboxylic acids is 3. The highest BCUT2D eigenvalue weighted by Gasteiger charge is 2.67. The number of methoxy groups -OCH3 is 2. The molecule has 2 fully saturated rings. The lowest BCUT2D eigenvalue weighted by atomic mass is 9.97.